The van der Waals surface area contributed by atoms with E-state index in [0.717, 1.165) is 21.0 Å². The molecule has 0 spiro atoms. The van der Waals surface area contributed by atoms with Gasteiger partial charge >= 0.3 is 0 Å². The molecule has 1 heterocycles. The molecule has 1 N–H and O–H groups in total. The Bertz CT molecular complexity index is 701. The van der Waals surface area contributed by atoms with Gasteiger partial charge in [0.25, 0.3) is 0 Å². The number of halogens is 1. The third kappa shape index (κ3) is 2.44. The van der Waals surface area contributed by atoms with Crippen LogP contribution in [0.2, 0.25) is 0 Å². The highest BCUT2D eigenvalue weighted by Crippen LogP contribution is 2.29. The second-order valence-electron chi connectivity index (χ2n) is 4.16. The standard InChI is InChI=1S/C15H11BrO3/c16-14-3-1-2-13-10(9-19-15(13)14)8-18-12-6-4-11(17)5-7-12/h1-7,9,17H,8H2. The van der Waals surface area contributed by atoms with Gasteiger partial charge in [0.05, 0.1) is 10.7 Å². The number of aromatic hydroxyl groups is 1. The maximum absolute atomic E-state index is 9.20. The third-order valence-electron chi connectivity index (χ3n) is 2.86. The van der Waals surface area contributed by atoms with E-state index in [2.05, 4.69) is 15.9 Å². The highest BCUT2D eigenvalue weighted by molar-refractivity contribution is 9.10. The van der Waals surface area contributed by atoms with Crippen LogP contribution in [0.15, 0.2) is 57.6 Å². The summed E-state index contributed by atoms with van der Waals surface area (Å²) in [5, 5.41) is 10.2. The van der Waals surface area contributed by atoms with Crippen molar-refractivity contribution >= 4 is 26.9 Å². The van der Waals surface area contributed by atoms with E-state index in [4.69, 9.17) is 9.15 Å². The molecule has 0 aliphatic carbocycles. The summed E-state index contributed by atoms with van der Waals surface area (Å²) in [6, 6.07) is 12.6. The number of phenolic OH excluding ortho intramolecular Hbond substituents is 1. The highest BCUT2D eigenvalue weighted by atomic mass is 79.9. The number of ether oxygens (including phenoxy) is 1. The lowest BCUT2D eigenvalue weighted by Crippen LogP contribution is -1.93. The van der Waals surface area contributed by atoms with E-state index >= 15 is 0 Å². The van der Waals surface area contributed by atoms with Crippen LogP contribution in [0.4, 0.5) is 0 Å². The van der Waals surface area contributed by atoms with E-state index in [9.17, 15) is 5.11 Å². The van der Waals surface area contributed by atoms with Crippen molar-refractivity contribution in [3.8, 4) is 11.5 Å². The van der Waals surface area contributed by atoms with Gasteiger partial charge in [0.1, 0.15) is 23.7 Å². The Balaban J connectivity index is 1.82. The van der Waals surface area contributed by atoms with Crippen molar-refractivity contribution in [1.82, 2.24) is 0 Å². The van der Waals surface area contributed by atoms with Gasteiger partial charge in [-0.3, -0.25) is 0 Å². The monoisotopic (exact) mass is 318 g/mol. The molecule has 0 atom stereocenters. The normalized spacial score (nSPS) is 10.8. The first-order valence-electron chi connectivity index (χ1n) is 5.80. The number of fused-ring (bicyclic) bond motifs is 1. The molecule has 3 nitrogen and oxygen atoms in total. The number of rotatable bonds is 3. The topological polar surface area (TPSA) is 42.6 Å². The van der Waals surface area contributed by atoms with Crippen molar-refractivity contribution in [2.45, 2.75) is 6.61 Å². The molecule has 4 heteroatoms. The first kappa shape index (κ1) is 12.1. The zero-order valence-electron chi connectivity index (χ0n) is 9.97. The largest absolute Gasteiger partial charge is 0.508 e. The number of para-hydroxylation sites is 1. The molecule has 0 aliphatic rings. The highest BCUT2D eigenvalue weighted by Gasteiger charge is 2.08. The van der Waals surface area contributed by atoms with Crippen LogP contribution in [0.3, 0.4) is 0 Å². The third-order valence-corrected chi connectivity index (χ3v) is 3.49. The second kappa shape index (κ2) is 4.97. The van der Waals surface area contributed by atoms with Crippen molar-refractivity contribution in [3.63, 3.8) is 0 Å². The van der Waals surface area contributed by atoms with E-state index in [1.807, 2.05) is 18.2 Å². The predicted molar refractivity (Wildman–Crippen MR) is 76.4 cm³/mol. The Morgan fingerprint density at radius 1 is 1.11 bits per heavy atom. The number of hydrogen-bond donors (Lipinski definition) is 1. The van der Waals surface area contributed by atoms with Gasteiger partial charge in [0, 0.05) is 10.9 Å². The van der Waals surface area contributed by atoms with Crippen molar-refractivity contribution in [1.29, 1.82) is 0 Å². The van der Waals surface area contributed by atoms with Gasteiger partial charge in [-0.1, -0.05) is 12.1 Å². The maximum atomic E-state index is 9.20. The Kier molecular flexibility index (Phi) is 3.17. The molecule has 19 heavy (non-hydrogen) atoms. The molecule has 0 unspecified atom stereocenters. The lowest BCUT2D eigenvalue weighted by molar-refractivity contribution is 0.305. The van der Waals surface area contributed by atoms with Crippen LogP contribution in [0.1, 0.15) is 5.56 Å². The quantitative estimate of drug-likeness (QED) is 0.774. The lowest BCUT2D eigenvalue weighted by atomic mass is 10.2. The van der Waals surface area contributed by atoms with Crippen LogP contribution in [0.25, 0.3) is 11.0 Å². The molecule has 0 bridgehead atoms. The lowest BCUT2D eigenvalue weighted by Gasteiger charge is -2.04. The molecular weight excluding hydrogens is 308 g/mol. The SMILES string of the molecule is Oc1ccc(OCc2coc3c(Br)cccc23)cc1. The van der Waals surface area contributed by atoms with Gasteiger partial charge < -0.3 is 14.3 Å². The zero-order valence-corrected chi connectivity index (χ0v) is 11.6. The molecule has 0 saturated heterocycles. The van der Waals surface area contributed by atoms with E-state index < -0.39 is 0 Å². The minimum Gasteiger partial charge on any atom is -0.508 e. The van der Waals surface area contributed by atoms with E-state index in [0.29, 0.717) is 12.4 Å². The molecule has 3 rings (SSSR count). The number of benzene rings is 2. The number of hydrogen-bond acceptors (Lipinski definition) is 3. The summed E-state index contributed by atoms with van der Waals surface area (Å²) in [5.74, 6) is 0.937. The van der Waals surface area contributed by atoms with Crippen molar-refractivity contribution in [2.75, 3.05) is 0 Å². The summed E-state index contributed by atoms with van der Waals surface area (Å²) in [6.07, 6.45) is 1.70. The zero-order chi connectivity index (χ0) is 13.2. The summed E-state index contributed by atoms with van der Waals surface area (Å²) >= 11 is 3.45. The Hall–Kier alpha value is -1.94. The first-order valence-corrected chi connectivity index (χ1v) is 6.60. The fourth-order valence-electron chi connectivity index (χ4n) is 1.89. The second-order valence-corrected chi connectivity index (χ2v) is 5.01. The fraction of sp³-hybridized carbons (Fsp3) is 0.0667. The molecule has 0 fully saturated rings. The summed E-state index contributed by atoms with van der Waals surface area (Å²) in [5.41, 5.74) is 1.82. The van der Waals surface area contributed by atoms with Gasteiger partial charge in [-0.05, 0) is 46.3 Å². The van der Waals surface area contributed by atoms with Crippen molar-refractivity contribution in [2.24, 2.45) is 0 Å². The molecule has 3 aromatic rings. The van der Waals surface area contributed by atoms with Crippen LogP contribution in [0, 0.1) is 0 Å². The average molecular weight is 319 g/mol. The molecule has 0 aliphatic heterocycles. The smallest absolute Gasteiger partial charge is 0.148 e. The average Bonchev–Trinajstić information content (AvgIpc) is 2.83. The van der Waals surface area contributed by atoms with Gasteiger partial charge in [-0.15, -0.1) is 0 Å². The van der Waals surface area contributed by atoms with E-state index in [-0.39, 0.29) is 5.75 Å². The Morgan fingerprint density at radius 3 is 2.68 bits per heavy atom. The van der Waals surface area contributed by atoms with Crippen LogP contribution in [0.5, 0.6) is 11.5 Å². The van der Waals surface area contributed by atoms with Gasteiger partial charge in [-0.25, -0.2) is 0 Å². The minimum absolute atomic E-state index is 0.227. The summed E-state index contributed by atoms with van der Waals surface area (Å²) < 4.78 is 12.1. The summed E-state index contributed by atoms with van der Waals surface area (Å²) in [6.45, 7) is 0.425. The predicted octanol–water partition coefficient (Wildman–Crippen LogP) is 4.48. The Morgan fingerprint density at radius 2 is 1.89 bits per heavy atom. The molecule has 0 radical (unpaired) electrons. The summed E-state index contributed by atoms with van der Waals surface area (Å²) in [4.78, 5) is 0. The van der Waals surface area contributed by atoms with E-state index in [1.54, 1.807) is 30.5 Å². The van der Waals surface area contributed by atoms with Gasteiger partial charge in [-0.2, -0.15) is 0 Å². The molecule has 0 saturated carbocycles. The fourth-order valence-corrected chi connectivity index (χ4v) is 2.35. The molecule has 96 valence electrons. The molecule has 0 amide bonds. The summed E-state index contributed by atoms with van der Waals surface area (Å²) in [7, 11) is 0. The van der Waals surface area contributed by atoms with Gasteiger partial charge in [0.15, 0.2) is 0 Å². The maximum Gasteiger partial charge on any atom is 0.148 e. The molecule has 1 aromatic heterocycles. The van der Waals surface area contributed by atoms with Crippen LogP contribution >= 0.6 is 15.9 Å². The van der Waals surface area contributed by atoms with Gasteiger partial charge in [0.2, 0.25) is 0 Å². The first-order chi connectivity index (χ1) is 9.24. The number of furan rings is 1. The Labute approximate surface area is 118 Å². The van der Waals surface area contributed by atoms with Crippen LogP contribution in [-0.4, -0.2) is 5.11 Å². The van der Waals surface area contributed by atoms with Crippen molar-refractivity contribution < 1.29 is 14.3 Å². The van der Waals surface area contributed by atoms with E-state index in [1.165, 1.54) is 0 Å². The van der Waals surface area contributed by atoms with Crippen LogP contribution in [-0.2, 0) is 6.61 Å². The van der Waals surface area contributed by atoms with Crippen molar-refractivity contribution in [3.05, 3.63) is 58.8 Å². The molecule has 2 aromatic carbocycles. The minimum atomic E-state index is 0.227. The van der Waals surface area contributed by atoms with Crippen LogP contribution < -0.4 is 4.74 Å². The number of phenols is 1. The molecular formula is C15H11BrO3.